The molecule has 5 heterocycles. The quantitative estimate of drug-likeness (QED) is 0.692. The van der Waals surface area contributed by atoms with Crippen LogP contribution in [0.25, 0.3) is 11.3 Å². The molecule has 1 atom stereocenters. The van der Waals surface area contributed by atoms with Crippen LogP contribution in [0.3, 0.4) is 0 Å². The van der Waals surface area contributed by atoms with Crippen molar-refractivity contribution in [2.24, 2.45) is 0 Å². The molecule has 2 aliphatic heterocycles. The molecule has 0 spiro atoms. The average Bonchev–Trinajstić information content (AvgIpc) is 3.14. The molecule has 1 saturated heterocycles. The number of fused-ring (bicyclic) bond motifs is 4. The van der Waals surface area contributed by atoms with Crippen LogP contribution in [0.15, 0.2) is 48.9 Å². The molecule has 2 bridgehead atoms. The van der Waals surface area contributed by atoms with Crippen LogP contribution in [0, 0.1) is 5.82 Å². The van der Waals surface area contributed by atoms with Crippen LogP contribution >= 0.6 is 11.6 Å². The molecule has 29 heavy (non-hydrogen) atoms. The molecule has 2 aliphatic rings. The molecule has 0 aliphatic carbocycles. The van der Waals surface area contributed by atoms with E-state index < -0.39 is 5.82 Å². The first-order valence-electron chi connectivity index (χ1n) is 9.17. The fourth-order valence-corrected chi connectivity index (χ4v) is 3.98. The lowest BCUT2D eigenvalue weighted by atomic mass is 10.1. The number of hydrogen-bond acceptors (Lipinski definition) is 5. The molecule has 1 N–H and O–H groups in total. The minimum absolute atomic E-state index is 0.00295. The molecule has 0 unspecified atom stereocenters. The van der Waals surface area contributed by atoms with Gasteiger partial charge in [0.1, 0.15) is 11.6 Å². The highest BCUT2D eigenvalue weighted by Gasteiger charge is 2.40. The predicted octanol–water partition coefficient (Wildman–Crippen LogP) is 3.96. The number of nitrogens with one attached hydrogen (secondary N) is 1. The molecule has 0 aromatic carbocycles. The zero-order valence-corrected chi connectivity index (χ0v) is 16.0. The summed E-state index contributed by atoms with van der Waals surface area (Å²) in [7, 11) is 0. The summed E-state index contributed by atoms with van der Waals surface area (Å²) in [6.07, 6.45) is 5.16. The molecule has 146 valence electrons. The van der Waals surface area contributed by atoms with E-state index in [-0.39, 0.29) is 17.9 Å². The van der Waals surface area contributed by atoms with Crippen LogP contribution in [0.2, 0.25) is 5.02 Å². The number of hydrogen-bond donors (Lipinski definition) is 1. The Balaban J connectivity index is 1.52. The van der Waals surface area contributed by atoms with E-state index in [1.54, 1.807) is 23.4 Å². The molecule has 3 aromatic rings. The SMILES string of the molecule is O=C(Nc1ccc(F)cn1)N1c2nc(-c3cncc(Cl)c3)ccc2N2CC[C@H]1C2. The number of anilines is 3. The van der Waals surface area contributed by atoms with Crippen LogP contribution in [0.4, 0.5) is 26.5 Å². The summed E-state index contributed by atoms with van der Waals surface area (Å²) in [6, 6.07) is 8.01. The van der Waals surface area contributed by atoms with Gasteiger partial charge in [-0.15, -0.1) is 0 Å². The van der Waals surface area contributed by atoms with Crippen molar-refractivity contribution < 1.29 is 9.18 Å². The summed E-state index contributed by atoms with van der Waals surface area (Å²) in [4.78, 5) is 29.8. The second-order valence-electron chi connectivity index (χ2n) is 6.98. The Kier molecular flexibility index (Phi) is 4.28. The zero-order valence-electron chi connectivity index (χ0n) is 15.2. The van der Waals surface area contributed by atoms with Gasteiger partial charge in [-0.05, 0) is 36.8 Å². The number of carbonyl (C=O) groups is 1. The number of nitrogens with zero attached hydrogens (tertiary/aromatic N) is 5. The lowest BCUT2D eigenvalue weighted by Crippen LogP contribution is -2.48. The zero-order chi connectivity index (χ0) is 20.0. The van der Waals surface area contributed by atoms with Crippen LogP contribution in [0.5, 0.6) is 0 Å². The molecule has 9 heteroatoms. The smallest absolute Gasteiger partial charge is 0.329 e. The van der Waals surface area contributed by atoms with Crippen LogP contribution in [-0.4, -0.2) is 40.1 Å². The lowest BCUT2D eigenvalue weighted by Gasteiger charge is -2.35. The van der Waals surface area contributed by atoms with Crippen molar-refractivity contribution >= 4 is 35.0 Å². The molecule has 5 rings (SSSR count). The minimum Gasteiger partial charge on any atom is -0.366 e. The van der Waals surface area contributed by atoms with E-state index in [1.165, 1.54) is 12.1 Å². The molecule has 2 amide bonds. The minimum atomic E-state index is -0.459. The Morgan fingerprint density at radius 1 is 1.21 bits per heavy atom. The van der Waals surface area contributed by atoms with Crippen molar-refractivity contribution in [3.8, 4) is 11.3 Å². The Hall–Kier alpha value is -3.26. The van der Waals surface area contributed by atoms with Crippen LogP contribution in [-0.2, 0) is 0 Å². The molecular formula is C20H16ClFN6O. The van der Waals surface area contributed by atoms with Gasteiger partial charge in [0.2, 0.25) is 0 Å². The van der Waals surface area contributed by atoms with Crippen LogP contribution in [0.1, 0.15) is 6.42 Å². The van der Waals surface area contributed by atoms with E-state index in [2.05, 4.69) is 20.2 Å². The normalized spacial score (nSPS) is 17.2. The Morgan fingerprint density at radius 2 is 2.10 bits per heavy atom. The van der Waals surface area contributed by atoms with Gasteiger partial charge in [-0.25, -0.2) is 19.2 Å². The highest BCUT2D eigenvalue weighted by Crippen LogP contribution is 2.40. The number of pyridine rings is 3. The maximum atomic E-state index is 13.1. The van der Waals surface area contributed by atoms with E-state index in [4.69, 9.17) is 16.6 Å². The third-order valence-corrected chi connectivity index (χ3v) is 5.34. The van der Waals surface area contributed by atoms with Crippen molar-refractivity contribution in [3.05, 3.63) is 59.8 Å². The summed E-state index contributed by atoms with van der Waals surface area (Å²) < 4.78 is 13.1. The van der Waals surface area contributed by atoms with Gasteiger partial charge in [0, 0.05) is 31.0 Å². The summed E-state index contributed by atoms with van der Waals surface area (Å²) >= 11 is 6.07. The summed E-state index contributed by atoms with van der Waals surface area (Å²) in [6.45, 7) is 1.60. The van der Waals surface area contributed by atoms with Crippen LogP contribution < -0.4 is 15.1 Å². The van der Waals surface area contributed by atoms with Gasteiger partial charge in [-0.2, -0.15) is 0 Å². The van der Waals surface area contributed by atoms with E-state index in [0.29, 0.717) is 16.5 Å². The van der Waals surface area contributed by atoms with Gasteiger partial charge in [-0.3, -0.25) is 15.2 Å². The van der Waals surface area contributed by atoms with Crippen molar-refractivity contribution in [3.63, 3.8) is 0 Å². The molecule has 3 aromatic heterocycles. The number of rotatable bonds is 2. The number of aromatic nitrogens is 3. The molecule has 1 fully saturated rings. The van der Waals surface area contributed by atoms with Crippen molar-refractivity contribution in [2.75, 3.05) is 28.2 Å². The van der Waals surface area contributed by atoms with E-state index in [9.17, 15) is 9.18 Å². The van der Waals surface area contributed by atoms with E-state index in [0.717, 1.165) is 37.0 Å². The molecule has 0 radical (unpaired) electrons. The first kappa shape index (κ1) is 17.8. The third-order valence-electron chi connectivity index (χ3n) is 5.13. The van der Waals surface area contributed by atoms with E-state index >= 15 is 0 Å². The van der Waals surface area contributed by atoms with Gasteiger partial charge in [0.25, 0.3) is 0 Å². The predicted molar refractivity (Wildman–Crippen MR) is 109 cm³/mol. The summed E-state index contributed by atoms with van der Waals surface area (Å²) in [5, 5.41) is 3.26. The van der Waals surface area contributed by atoms with Gasteiger partial charge in [0.15, 0.2) is 5.82 Å². The monoisotopic (exact) mass is 410 g/mol. The van der Waals surface area contributed by atoms with E-state index in [1.807, 2.05) is 12.1 Å². The second kappa shape index (κ2) is 6.97. The first-order chi connectivity index (χ1) is 14.1. The topological polar surface area (TPSA) is 74.2 Å². The number of carbonyl (C=O) groups excluding carboxylic acids is 1. The van der Waals surface area contributed by atoms with Crippen molar-refractivity contribution in [1.29, 1.82) is 0 Å². The van der Waals surface area contributed by atoms with Crippen molar-refractivity contribution in [2.45, 2.75) is 12.5 Å². The molecule has 7 nitrogen and oxygen atoms in total. The van der Waals surface area contributed by atoms with Gasteiger partial charge in [0.05, 0.1) is 28.6 Å². The molecular weight excluding hydrogens is 395 g/mol. The highest BCUT2D eigenvalue weighted by molar-refractivity contribution is 6.30. The fraction of sp³-hybridized carbons (Fsp3) is 0.200. The maximum absolute atomic E-state index is 13.1. The van der Waals surface area contributed by atoms with Gasteiger partial charge >= 0.3 is 6.03 Å². The molecule has 0 saturated carbocycles. The second-order valence-corrected chi connectivity index (χ2v) is 7.42. The fourth-order valence-electron chi connectivity index (χ4n) is 3.80. The number of halogens is 2. The Morgan fingerprint density at radius 3 is 2.90 bits per heavy atom. The summed E-state index contributed by atoms with van der Waals surface area (Å²) in [5.41, 5.74) is 2.35. The highest BCUT2D eigenvalue weighted by atomic mass is 35.5. The number of amides is 2. The lowest BCUT2D eigenvalue weighted by molar-refractivity contribution is 0.254. The average molecular weight is 411 g/mol. The Labute approximate surface area is 171 Å². The van der Waals surface area contributed by atoms with Gasteiger partial charge in [-0.1, -0.05) is 11.6 Å². The number of urea groups is 1. The first-order valence-corrected chi connectivity index (χ1v) is 9.55. The van der Waals surface area contributed by atoms with Gasteiger partial charge < -0.3 is 4.90 Å². The largest absolute Gasteiger partial charge is 0.366 e. The van der Waals surface area contributed by atoms with Crippen molar-refractivity contribution in [1.82, 2.24) is 15.0 Å². The Bertz CT molecular complexity index is 1090. The third kappa shape index (κ3) is 3.25. The standard InChI is InChI=1S/C20H16ClFN6O/c21-13-7-12(8-23-9-13)16-2-3-17-19(25-16)28(15-5-6-27(17)11-15)20(29)26-18-4-1-14(22)10-24-18/h1-4,7-10,15H,5-6,11H2,(H,24,26,29)/t15-/m0/s1. The maximum Gasteiger partial charge on any atom is 0.329 e. The summed E-state index contributed by atoms with van der Waals surface area (Å²) in [5.74, 6) is 0.406.